The van der Waals surface area contributed by atoms with Crippen molar-refractivity contribution in [3.05, 3.63) is 235 Å². The third-order valence-corrected chi connectivity index (χ3v) is 12.1. The molecule has 8 aromatic rings. The molecule has 1 aliphatic heterocycles. The molecule has 2 aliphatic rings. The highest BCUT2D eigenvalue weighted by Gasteiger charge is 2.37. The number of anilines is 6. The van der Waals surface area contributed by atoms with Crippen molar-refractivity contribution in [3.8, 4) is 33.4 Å². The minimum atomic E-state index is -0.241. The Morgan fingerprint density at radius 1 is 0.407 bits per heavy atom. The highest BCUT2D eigenvalue weighted by molar-refractivity contribution is 5.89. The number of allylic oxidation sites excluding steroid dienone is 4. The molecular weight excluding hydrogens is 713 g/mol. The topological polar surface area (TPSA) is 6.48 Å². The van der Waals surface area contributed by atoms with Gasteiger partial charge in [0.15, 0.2) is 0 Å². The van der Waals surface area contributed by atoms with Gasteiger partial charge in [-0.25, -0.2) is 0 Å². The van der Waals surface area contributed by atoms with E-state index in [9.17, 15) is 0 Å². The van der Waals surface area contributed by atoms with Gasteiger partial charge in [-0.3, -0.25) is 0 Å². The monoisotopic (exact) mass is 758 g/mol. The van der Waals surface area contributed by atoms with Crippen LogP contribution >= 0.6 is 0 Å². The van der Waals surface area contributed by atoms with Gasteiger partial charge in [0.05, 0.1) is 11.4 Å². The van der Waals surface area contributed by atoms with Crippen LogP contribution in [0, 0.1) is 0 Å². The number of hydrogen-bond donors (Lipinski definition) is 0. The van der Waals surface area contributed by atoms with Gasteiger partial charge in [0.25, 0.3) is 0 Å². The average molecular weight is 759 g/mol. The Balaban J connectivity index is 1.03. The van der Waals surface area contributed by atoms with Crippen molar-refractivity contribution >= 4 is 39.7 Å². The van der Waals surface area contributed by atoms with Crippen molar-refractivity contribution in [1.29, 1.82) is 0 Å². The van der Waals surface area contributed by atoms with Crippen molar-refractivity contribution in [2.45, 2.75) is 32.1 Å². The predicted octanol–water partition coefficient (Wildman–Crippen LogP) is 16.0. The van der Waals surface area contributed by atoms with Gasteiger partial charge < -0.3 is 9.80 Å². The molecule has 284 valence electrons. The first-order valence-corrected chi connectivity index (χ1v) is 20.7. The molecule has 1 aliphatic carbocycles. The molecule has 0 saturated carbocycles. The van der Waals surface area contributed by atoms with Gasteiger partial charge in [0.1, 0.15) is 0 Å². The molecule has 0 aromatic heterocycles. The number of rotatable bonds is 8. The van der Waals surface area contributed by atoms with Crippen LogP contribution in [0.4, 0.5) is 34.1 Å². The second kappa shape index (κ2) is 15.3. The average Bonchev–Trinajstić information content (AvgIpc) is 3.31. The number of fused-ring (bicyclic) bond motifs is 2. The third kappa shape index (κ3) is 6.87. The van der Waals surface area contributed by atoms with E-state index >= 15 is 0 Å². The van der Waals surface area contributed by atoms with E-state index in [-0.39, 0.29) is 5.41 Å². The van der Waals surface area contributed by atoms with E-state index in [1.54, 1.807) is 0 Å². The first-order chi connectivity index (χ1) is 29.0. The molecule has 0 N–H and O–H groups in total. The van der Waals surface area contributed by atoms with Crippen LogP contribution in [-0.4, -0.2) is 0 Å². The Hall–Kier alpha value is -7.16. The summed E-state index contributed by atoms with van der Waals surface area (Å²) in [5.74, 6) is 0. The van der Waals surface area contributed by atoms with Crippen molar-refractivity contribution in [2.24, 2.45) is 0 Å². The molecule has 0 unspecified atom stereocenters. The minimum Gasteiger partial charge on any atom is -0.311 e. The van der Waals surface area contributed by atoms with Crippen molar-refractivity contribution in [2.75, 3.05) is 9.80 Å². The van der Waals surface area contributed by atoms with Crippen LogP contribution in [-0.2, 0) is 5.41 Å². The van der Waals surface area contributed by atoms with Crippen LogP contribution in [0.5, 0.6) is 0 Å². The van der Waals surface area contributed by atoms with Gasteiger partial charge in [0.2, 0.25) is 0 Å². The van der Waals surface area contributed by atoms with Crippen LogP contribution in [0.15, 0.2) is 218 Å². The van der Waals surface area contributed by atoms with E-state index in [1.165, 1.54) is 67.0 Å². The summed E-state index contributed by atoms with van der Waals surface area (Å²) in [6.07, 6.45) is 9.07. The molecule has 59 heavy (non-hydrogen) atoms. The largest absolute Gasteiger partial charge is 0.311 e. The van der Waals surface area contributed by atoms with Gasteiger partial charge in [-0.1, -0.05) is 159 Å². The first kappa shape index (κ1) is 36.2. The maximum absolute atomic E-state index is 2.44. The lowest BCUT2D eigenvalue weighted by Crippen LogP contribution is -2.30. The van der Waals surface area contributed by atoms with Gasteiger partial charge in [-0.2, -0.15) is 0 Å². The van der Waals surface area contributed by atoms with Crippen LogP contribution in [0.3, 0.4) is 0 Å². The van der Waals surface area contributed by atoms with Crippen molar-refractivity contribution < 1.29 is 0 Å². The molecule has 0 spiro atoms. The molecule has 2 heteroatoms. The van der Waals surface area contributed by atoms with Crippen LogP contribution in [0.2, 0.25) is 0 Å². The molecule has 0 atom stereocenters. The maximum atomic E-state index is 2.44. The van der Waals surface area contributed by atoms with E-state index in [4.69, 9.17) is 0 Å². The Morgan fingerprint density at radius 3 is 1.29 bits per heavy atom. The quantitative estimate of drug-likeness (QED) is 0.152. The Labute approximate surface area is 348 Å². The summed E-state index contributed by atoms with van der Waals surface area (Å²) in [5, 5.41) is 0. The molecule has 1 heterocycles. The molecule has 2 nitrogen and oxygen atoms in total. The Morgan fingerprint density at radius 2 is 0.814 bits per heavy atom. The number of hydrogen-bond acceptors (Lipinski definition) is 2. The van der Waals surface area contributed by atoms with Crippen LogP contribution < -0.4 is 9.80 Å². The van der Waals surface area contributed by atoms with E-state index in [1.807, 2.05) is 0 Å². The zero-order chi connectivity index (χ0) is 39.8. The van der Waals surface area contributed by atoms with E-state index < -0.39 is 0 Å². The van der Waals surface area contributed by atoms with Crippen molar-refractivity contribution in [1.82, 2.24) is 0 Å². The fraction of sp³-hybridized carbons (Fsp3) is 0.0877. The lowest BCUT2D eigenvalue weighted by molar-refractivity contribution is 0.632. The summed E-state index contributed by atoms with van der Waals surface area (Å²) in [7, 11) is 0. The van der Waals surface area contributed by atoms with E-state index in [0.29, 0.717) is 0 Å². The van der Waals surface area contributed by atoms with Crippen molar-refractivity contribution in [3.63, 3.8) is 0 Å². The summed E-state index contributed by atoms with van der Waals surface area (Å²) in [5.41, 5.74) is 19.2. The fourth-order valence-corrected chi connectivity index (χ4v) is 8.90. The highest BCUT2D eigenvalue weighted by Crippen LogP contribution is 2.53. The van der Waals surface area contributed by atoms with Crippen LogP contribution in [0.1, 0.15) is 43.4 Å². The summed E-state index contributed by atoms with van der Waals surface area (Å²) in [4.78, 5) is 4.80. The molecular formula is C57H46N2. The van der Waals surface area contributed by atoms with E-state index in [0.717, 1.165) is 35.6 Å². The fourth-order valence-electron chi connectivity index (χ4n) is 8.90. The zero-order valence-electron chi connectivity index (χ0n) is 33.6. The number of para-hydroxylation sites is 1. The van der Waals surface area contributed by atoms with Gasteiger partial charge in [0, 0.05) is 28.2 Å². The molecule has 0 saturated heterocycles. The van der Waals surface area contributed by atoms with E-state index in [2.05, 4.69) is 242 Å². The third-order valence-electron chi connectivity index (χ3n) is 12.1. The summed E-state index contributed by atoms with van der Waals surface area (Å²) < 4.78 is 0. The SMILES string of the molecule is CC1(C)c2cc(-c3ccccc3)ccc2N(c2ccccc2)c2ccc(-c3ccc(N(c4ccc(C5=CCCC=C5)cc4)c4ccc(-c5ccccc5)cc4)cc3)cc21. The van der Waals surface area contributed by atoms with Crippen LogP contribution in [0.25, 0.3) is 39.0 Å². The molecule has 0 amide bonds. The first-order valence-electron chi connectivity index (χ1n) is 20.7. The Kier molecular flexibility index (Phi) is 9.39. The summed E-state index contributed by atoms with van der Waals surface area (Å²) in [6.45, 7) is 4.75. The minimum absolute atomic E-state index is 0.241. The lowest BCUT2D eigenvalue weighted by atomic mass is 9.72. The lowest BCUT2D eigenvalue weighted by Gasteiger charge is -2.42. The smallest absolute Gasteiger partial charge is 0.0503 e. The van der Waals surface area contributed by atoms with Gasteiger partial charge in [-0.05, 0) is 141 Å². The summed E-state index contributed by atoms with van der Waals surface area (Å²) in [6, 6.07) is 73.1. The molecule has 0 radical (unpaired) electrons. The second-order valence-electron chi connectivity index (χ2n) is 16.1. The highest BCUT2D eigenvalue weighted by atomic mass is 15.2. The molecule has 8 aromatic carbocycles. The number of benzene rings is 8. The molecule has 0 bridgehead atoms. The standard InChI is InChI=1S/C57H46N2/c1-57(2)53-39-47(43-19-11-5-12-20-43)29-37-55(53)59(49-21-13-6-14-22-49)56-38-30-48(40-54(56)57)46-27-35-52(36-28-46)58(50-31-23-44(24-32-50)41-15-7-3-8-16-41)51-33-25-45(26-34-51)42-17-9-4-10-18-42/h3,5-9,11-40H,4,10H2,1-2H3. The molecule has 10 rings (SSSR count). The summed E-state index contributed by atoms with van der Waals surface area (Å²) >= 11 is 0. The second-order valence-corrected chi connectivity index (χ2v) is 16.1. The maximum Gasteiger partial charge on any atom is 0.0503 e. The number of nitrogens with zero attached hydrogens (tertiary/aromatic N) is 2. The van der Waals surface area contributed by atoms with Gasteiger partial charge >= 0.3 is 0 Å². The zero-order valence-corrected chi connectivity index (χ0v) is 33.6. The Bertz CT molecular complexity index is 2800. The van der Waals surface area contributed by atoms with Gasteiger partial charge in [-0.15, -0.1) is 0 Å². The normalized spacial score (nSPS) is 13.9. The molecule has 0 fully saturated rings. The predicted molar refractivity (Wildman–Crippen MR) is 251 cm³/mol.